The number of hydrogen-bond donors (Lipinski definition) is 1. The maximum atomic E-state index is 13.2. The van der Waals surface area contributed by atoms with Crippen LogP contribution in [0.4, 0.5) is 4.39 Å². The molecular formula is C18H29ClFNO. The van der Waals surface area contributed by atoms with Gasteiger partial charge in [-0.1, -0.05) is 58.6 Å². The number of rotatable bonds is 3. The van der Waals surface area contributed by atoms with Gasteiger partial charge in [-0.15, -0.1) is 0 Å². The fourth-order valence-corrected chi connectivity index (χ4v) is 2.95. The summed E-state index contributed by atoms with van der Waals surface area (Å²) in [6.07, 6.45) is 8.72. The average Bonchev–Trinajstić information content (AvgIpc) is 2.40. The van der Waals surface area contributed by atoms with E-state index in [4.69, 9.17) is 11.6 Å². The number of nitrogens with one attached hydrogen (secondary N) is 1. The molecule has 4 heteroatoms. The van der Waals surface area contributed by atoms with Gasteiger partial charge in [0.2, 0.25) is 0 Å². The maximum Gasteiger partial charge on any atom is 0.252 e. The predicted octanol–water partition coefficient (Wildman–Crippen LogP) is 5.84. The minimum Gasteiger partial charge on any atom is -0.352 e. The molecule has 1 N–H and O–H groups in total. The van der Waals surface area contributed by atoms with Crippen LogP contribution in [0.1, 0.15) is 70.2 Å². The Hall–Kier alpha value is -1.09. The van der Waals surface area contributed by atoms with Crippen LogP contribution in [0.15, 0.2) is 18.2 Å². The Morgan fingerprint density at radius 1 is 1.14 bits per heavy atom. The highest BCUT2D eigenvalue weighted by atomic mass is 35.5. The molecule has 0 aromatic heterocycles. The first kappa shape index (κ1) is 20.9. The van der Waals surface area contributed by atoms with Crippen LogP contribution in [0.25, 0.3) is 0 Å². The van der Waals surface area contributed by atoms with Crippen LogP contribution < -0.4 is 5.32 Å². The Morgan fingerprint density at radius 2 is 1.73 bits per heavy atom. The summed E-state index contributed by atoms with van der Waals surface area (Å²) in [4.78, 5) is 12.1. The highest BCUT2D eigenvalue weighted by Crippen LogP contribution is 2.22. The van der Waals surface area contributed by atoms with Crippen molar-refractivity contribution >= 4 is 17.5 Å². The van der Waals surface area contributed by atoms with Crippen molar-refractivity contribution in [2.75, 3.05) is 6.54 Å². The lowest BCUT2D eigenvalue weighted by molar-refractivity contribution is 0.0944. The summed E-state index contributed by atoms with van der Waals surface area (Å²) in [6, 6.07) is 3.87. The molecule has 2 nitrogen and oxygen atoms in total. The first-order chi connectivity index (χ1) is 9.66. The van der Waals surface area contributed by atoms with Crippen molar-refractivity contribution in [3.8, 4) is 0 Å². The number of halogens is 2. The van der Waals surface area contributed by atoms with Gasteiger partial charge in [0.1, 0.15) is 5.82 Å². The molecule has 0 aliphatic heterocycles. The van der Waals surface area contributed by atoms with Crippen molar-refractivity contribution in [2.24, 2.45) is 5.92 Å². The van der Waals surface area contributed by atoms with E-state index in [1.54, 1.807) is 0 Å². The summed E-state index contributed by atoms with van der Waals surface area (Å²) in [5, 5.41) is 3.19. The number of benzene rings is 1. The maximum absolute atomic E-state index is 13.2. The number of carbonyl (C=O) groups is 1. The summed E-state index contributed by atoms with van der Waals surface area (Å²) in [5.41, 5.74) is 0.220. The van der Waals surface area contributed by atoms with Crippen molar-refractivity contribution in [3.05, 3.63) is 34.6 Å². The molecule has 0 unspecified atom stereocenters. The van der Waals surface area contributed by atoms with Gasteiger partial charge < -0.3 is 5.32 Å². The van der Waals surface area contributed by atoms with Gasteiger partial charge in [-0.25, -0.2) is 4.39 Å². The highest BCUT2D eigenvalue weighted by molar-refractivity contribution is 6.33. The van der Waals surface area contributed by atoms with E-state index in [9.17, 15) is 9.18 Å². The second-order valence-corrected chi connectivity index (χ2v) is 5.95. The van der Waals surface area contributed by atoms with Crippen LogP contribution in [-0.2, 0) is 0 Å². The molecule has 1 fully saturated rings. The normalized spacial score (nSPS) is 15.7. The molecule has 126 valence electrons. The van der Waals surface area contributed by atoms with Gasteiger partial charge in [-0.2, -0.15) is 0 Å². The van der Waals surface area contributed by atoms with Gasteiger partial charge in [0.25, 0.3) is 5.91 Å². The number of amides is 1. The van der Waals surface area contributed by atoms with Gasteiger partial charge in [0, 0.05) is 6.54 Å². The lowest BCUT2D eigenvalue weighted by Crippen LogP contribution is -2.30. The first-order valence-electron chi connectivity index (χ1n) is 7.40. The summed E-state index contributed by atoms with van der Waals surface area (Å²) in [7, 11) is 0. The Morgan fingerprint density at radius 3 is 2.36 bits per heavy atom. The standard InChI is InChI=1S/C16H21ClFNO.2CH4/c17-15-9-8-13(18)10-14(15)16(20)19-11-12-6-4-2-1-3-5-7-12;;/h8-10,12H,1-7,11H2,(H,19,20);2*1H4. The lowest BCUT2D eigenvalue weighted by atomic mass is 9.91. The van der Waals surface area contributed by atoms with E-state index < -0.39 is 5.82 Å². The quantitative estimate of drug-likeness (QED) is 0.741. The monoisotopic (exact) mass is 329 g/mol. The minimum absolute atomic E-state index is 0. The van der Waals surface area contributed by atoms with Gasteiger partial charge >= 0.3 is 0 Å². The predicted molar refractivity (Wildman–Crippen MR) is 93.0 cm³/mol. The smallest absolute Gasteiger partial charge is 0.252 e. The van der Waals surface area contributed by atoms with Crippen molar-refractivity contribution in [1.29, 1.82) is 0 Å². The molecule has 1 aliphatic rings. The third-order valence-corrected chi connectivity index (χ3v) is 4.28. The third-order valence-electron chi connectivity index (χ3n) is 3.95. The molecule has 0 radical (unpaired) electrons. The molecule has 1 aromatic rings. The van der Waals surface area contributed by atoms with Crippen LogP contribution in [0.2, 0.25) is 5.02 Å². The first-order valence-corrected chi connectivity index (χ1v) is 7.78. The zero-order chi connectivity index (χ0) is 14.4. The van der Waals surface area contributed by atoms with Crippen molar-refractivity contribution in [2.45, 2.75) is 59.8 Å². The van der Waals surface area contributed by atoms with Crippen LogP contribution in [-0.4, -0.2) is 12.5 Å². The van der Waals surface area contributed by atoms with Gasteiger partial charge in [0.05, 0.1) is 10.6 Å². The molecule has 2 rings (SSSR count). The Kier molecular flexibility index (Phi) is 10.1. The van der Waals surface area contributed by atoms with Crippen LogP contribution >= 0.6 is 11.6 Å². The zero-order valence-corrected chi connectivity index (χ0v) is 12.4. The fraction of sp³-hybridized carbons (Fsp3) is 0.611. The van der Waals surface area contributed by atoms with E-state index in [0.29, 0.717) is 17.5 Å². The summed E-state index contributed by atoms with van der Waals surface area (Å²) in [5.74, 6) is -0.186. The number of carbonyl (C=O) groups excluding carboxylic acids is 1. The van der Waals surface area contributed by atoms with E-state index in [2.05, 4.69) is 5.32 Å². The third kappa shape index (κ3) is 6.35. The Bertz CT molecular complexity index is 456. The van der Waals surface area contributed by atoms with Gasteiger partial charge in [0.15, 0.2) is 0 Å². The minimum atomic E-state index is -0.439. The van der Waals surface area contributed by atoms with Gasteiger partial charge in [-0.05, 0) is 37.0 Å². The van der Waals surface area contributed by atoms with Gasteiger partial charge in [-0.3, -0.25) is 4.79 Å². The topological polar surface area (TPSA) is 29.1 Å². The van der Waals surface area contributed by atoms with E-state index >= 15 is 0 Å². The molecule has 0 bridgehead atoms. The molecule has 0 saturated heterocycles. The van der Waals surface area contributed by atoms with Crippen molar-refractivity contribution < 1.29 is 9.18 Å². The Labute approximate surface area is 139 Å². The van der Waals surface area contributed by atoms with E-state index in [-0.39, 0.29) is 26.3 Å². The Balaban J connectivity index is 0.00000220. The molecule has 0 spiro atoms. The molecule has 22 heavy (non-hydrogen) atoms. The fourth-order valence-electron chi connectivity index (χ4n) is 2.75. The largest absolute Gasteiger partial charge is 0.352 e. The summed E-state index contributed by atoms with van der Waals surface area (Å²) in [6.45, 7) is 0.658. The van der Waals surface area contributed by atoms with Crippen molar-refractivity contribution in [3.63, 3.8) is 0 Å². The molecular weight excluding hydrogens is 301 g/mol. The zero-order valence-electron chi connectivity index (χ0n) is 11.6. The number of hydrogen-bond acceptors (Lipinski definition) is 1. The van der Waals surface area contributed by atoms with Crippen LogP contribution in [0.5, 0.6) is 0 Å². The van der Waals surface area contributed by atoms with Crippen LogP contribution in [0.3, 0.4) is 0 Å². The molecule has 1 aliphatic carbocycles. The highest BCUT2D eigenvalue weighted by Gasteiger charge is 2.15. The van der Waals surface area contributed by atoms with E-state index in [1.165, 1.54) is 50.3 Å². The lowest BCUT2D eigenvalue weighted by Gasteiger charge is -2.20. The SMILES string of the molecule is C.C.O=C(NCC1CCCCCCC1)c1cc(F)ccc1Cl. The summed E-state index contributed by atoms with van der Waals surface area (Å²) < 4.78 is 13.2. The average molecular weight is 330 g/mol. The second-order valence-electron chi connectivity index (χ2n) is 5.55. The van der Waals surface area contributed by atoms with Crippen LogP contribution in [0, 0.1) is 11.7 Å². The summed E-state index contributed by atoms with van der Waals surface area (Å²) >= 11 is 5.93. The second kappa shape index (κ2) is 10.6. The molecule has 0 atom stereocenters. The van der Waals surface area contributed by atoms with E-state index in [1.807, 2.05) is 0 Å². The molecule has 1 saturated carbocycles. The molecule has 0 heterocycles. The molecule has 1 aromatic carbocycles. The van der Waals surface area contributed by atoms with E-state index in [0.717, 1.165) is 12.8 Å². The molecule has 1 amide bonds. The van der Waals surface area contributed by atoms with Crippen molar-refractivity contribution in [1.82, 2.24) is 5.32 Å².